The van der Waals surface area contributed by atoms with Crippen LogP contribution < -0.4 is 4.90 Å². The van der Waals surface area contributed by atoms with E-state index in [1.54, 1.807) is 0 Å². The molecule has 1 fully saturated rings. The Balaban J connectivity index is 2.12. The Hall–Kier alpha value is -1.81. The fourth-order valence-electron chi connectivity index (χ4n) is 1.87. The van der Waals surface area contributed by atoms with Gasteiger partial charge in [0.25, 0.3) is 10.1 Å². The lowest BCUT2D eigenvalue weighted by Gasteiger charge is -2.15. The number of hydrogen-bond donors (Lipinski definition) is 0. The molecule has 2 rings (SSSR count). The molecule has 0 aliphatic carbocycles. The van der Waals surface area contributed by atoms with E-state index >= 15 is 0 Å². The van der Waals surface area contributed by atoms with E-state index in [2.05, 4.69) is 4.18 Å². The van der Waals surface area contributed by atoms with Crippen LogP contribution in [0.25, 0.3) is 0 Å². The number of amides is 1. The Morgan fingerprint density at radius 1 is 1.41 bits per heavy atom. The summed E-state index contributed by atoms with van der Waals surface area (Å²) in [5.74, 6) is 0. The number of benzene rings is 1. The fraction of sp³-hybridized carbons (Fsp3) is 0.417. The Labute approximate surface area is 124 Å². The lowest BCUT2D eigenvalue weighted by Crippen LogP contribution is -2.26. The van der Waals surface area contributed by atoms with Crippen LogP contribution >= 0.6 is 0 Å². The molecule has 1 amide bonds. The number of hydrogen-bond acceptors (Lipinski definition) is 5. The number of carbonyl (C=O) groups excluding carboxylic acids is 1. The molecule has 122 valence electrons. The average molecular weight is 339 g/mol. The molecule has 0 N–H and O–H groups in total. The van der Waals surface area contributed by atoms with Crippen LogP contribution in [-0.2, 0) is 25.2 Å². The molecular weight excluding hydrogens is 327 g/mol. The average Bonchev–Trinajstić information content (AvgIpc) is 2.76. The summed E-state index contributed by atoms with van der Waals surface area (Å²) in [6.07, 6.45) is -5.43. The van der Waals surface area contributed by atoms with Gasteiger partial charge in [-0.2, -0.15) is 21.6 Å². The van der Waals surface area contributed by atoms with Gasteiger partial charge in [-0.05, 0) is 18.2 Å². The lowest BCUT2D eigenvalue weighted by molar-refractivity contribution is -0.137. The van der Waals surface area contributed by atoms with Crippen molar-refractivity contribution in [2.24, 2.45) is 0 Å². The molecule has 22 heavy (non-hydrogen) atoms. The minimum atomic E-state index is -4.53. The van der Waals surface area contributed by atoms with Crippen molar-refractivity contribution in [3.63, 3.8) is 0 Å². The van der Waals surface area contributed by atoms with Crippen LogP contribution in [0.3, 0.4) is 0 Å². The molecule has 6 nitrogen and oxygen atoms in total. The molecule has 1 heterocycles. The number of anilines is 1. The molecule has 1 aromatic rings. The van der Waals surface area contributed by atoms with Gasteiger partial charge < -0.3 is 4.74 Å². The van der Waals surface area contributed by atoms with E-state index in [0.29, 0.717) is 0 Å². The SMILES string of the molecule is CS(=O)(=O)OCC1CN(c2cccc(C(F)(F)F)c2)C(=O)O1. The van der Waals surface area contributed by atoms with E-state index in [-0.39, 0.29) is 18.8 Å². The van der Waals surface area contributed by atoms with Crippen molar-refractivity contribution in [2.75, 3.05) is 24.3 Å². The summed E-state index contributed by atoms with van der Waals surface area (Å²) in [6, 6.07) is 4.21. The van der Waals surface area contributed by atoms with E-state index < -0.39 is 34.1 Å². The second-order valence-electron chi connectivity index (χ2n) is 4.65. The predicted molar refractivity (Wildman–Crippen MR) is 69.9 cm³/mol. The number of rotatable bonds is 4. The van der Waals surface area contributed by atoms with Crippen molar-refractivity contribution in [1.82, 2.24) is 0 Å². The van der Waals surface area contributed by atoms with Crippen molar-refractivity contribution in [1.29, 1.82) is 0 Å². The highest BCUT2D eigenvalue weighted by Crippen LogP contribution is 2.32. The zero-order valence-corrected chi connectivity index (χ0v) is 12.1. The zero-order chi connectivity index (χ0) is 16.5. The quantitative estimate of drug-likeness (QED) is 0.785. The van der Waals surface area contributed by atoms with Crippen molar-refractivity contribution in [2.45, 2.75) is 12.3 Å². The maximum absolute atomic E-state index is 12.7. The molecule has 0 bridgehead atoms. The molecule has 0 aromatic heterocycles. The van der Waals surface area contributed by atoms with Gasteiger partial charge in [-0.25, -0.2) is 4.79 Å². The smallest absolute Gasteiger partial charge is 0.416 e. The normalized spacial score (nSPS) is 19.4. The first-order valence-corrected chi connectivity index (χ1v) is 7.88. The van der Waals surface area contributed by atoms with Gasteiger partial charge in [0.15, 0.2) is 0 Å². The summed E-state index contributed by atoms with van der Waals surface area (Å²) in [6.45, 7) is -0.490. The van der Waals surface area contributed by atoms with Gasteiger partial charge in [-0.1, -0.05) is 6.07 Å². The maximum atomic E-state index is 12.7. The molecule has 10 heteroatoms. The molecule has 0 radical (unpaired) electrons. The molecule has 1 aromatic carbocycles. The molecule has 1 saturated heterocycles. The van der Waals surface area contributed by atoms with E-state index in [9.17, 15) is 26.4 Å². The van der Waals surface area contributed by atoms with Crippen LogP contribution in [0.1, 0.15) is 5.56 Å². The van der Waals surface area contributed by atoms with Gasteiger partial charge in [-0.3, -0.25) is 9.08 Å². The van der Waals surface area contributed by atoms with Gasteiger partial charge in [0.1, 0.15) is 12.7 Å². The van der Waals surface area contributed by atoms with Gasteiger partial charge in [0.2, 0.25) is 0 Å². The summed E-state index contributed by atoms with van der Waals surface area (Å²) >= 11 is 0. The number of nitrogens with zero attached hydrogens (tertiary/aromatic N) is 1. The first kappa shape index (κ1) is 16.6. The summed E-state index contributed by atoms with van der Waals surface area (Å²) in [7, 11) is -3.70. The highest BCUT2D eigenvalue weighted by atomic mass is 32.2. The molecule has 1 aliphatic rings. The largest absolute Gasteiger partial charge is 0.441 e. The van der Waals surface area contributed by atoms with Crippen LogP contribution in [0.2, 0.25) is 0 Å². The van der Waals surface area contributed by atoms with Crippen molar-refractivity contribution in [3.05, 3.63) is 29.8 Å². The Bertz CT molecular complexity index is 674. The molecule has 0 saturated carbocycles. The van der Waals surface area contributed by atoms with Crippen LogP contribution in [-0.4, -0.2) is 40.0 Å². The van der Waals surface area contributed by atoms with Crippen molar-refractivity contribution >= 4 is 21.9 Å². The Morgan fingerprint density at radius 2 is 2.09 bits per heavy atom. The monoisotopic (exact) mass is 339 g/mol. The molecule has 1 atom stereocenters. The predicted octanol–water partition coefficient (Wildman–Crippen LogP) is 2.01. The first-order chi connectivity index (χ1) is 10.1. The highest BCUT2D eigenvalue weighted by molar-refractivity contribution is 7.85. The fourth-order valence-corrected chi connectivity index (χ4v) is 2.27. The Morgan fingerprint density at radius 3 is 2.68 bits per heavy atom. The van der Waals surface area contributed by atoms with Gasteiger partial charge in [0, 0.05) is 5.69 Å². The molecule has 0 spiro atoms. The second kappa shape index (κ2) is 5.76. The number of halogens is 3. The molecular formula is C12H12F3NO5S. The van der Waals surface area contributed by atoms with Crippen molar-refractivity contribution in [3.8, 4) is 0 Å². The Kier molecular flexibility index (Phi) is 4.34. The topological polar surface area (TPSA) is 72.9 Å². The molecule has 1 aliphatic heterocycles. The number of carbonyl (C=O) groups is 1. The van der Waals surface area contributed by atoms with Crippen LogP contribution in [0, 0.1) is 0 Å². The third-order valence-electron chi connectivity index (χ3n) is 2.83. The summed E-state index contributed by atoms with van der Waals surface area (Å²) < 4.78 is 69.1. The first-order valence-electron chi connectivity index (χ1n) is 6.06. The zero-order valence-electron chi connectivity index (χ0n) is 11.3. The summed E-state index contributed by atoms with van der Waals surface area (Å²) in [4.78, 5) is 12.7. The van der Waals surface area contributed by atoms with Gasteiger partial charge in [-0.15, -0.1) is 0 Å². The minimum absolute atomic E-state index is 0.0154. The number of ether oxygens (including phenoxy) is 1. The number of cyclic esters (lactones) is 1. The van der Waals surface area contributed by atoms with Gasteiger partial charge in [0.05, 0.1) is 18.4 Å². The maximum Gasteiger partial charge on any atom is 0.416 e. The van der Waals surface area contributed by atoms with Crippen LogP contribution in [0.15, 0.2) is 24.3 Å². The minimum Gasteiger partial charge on any atom is -0.441 e. The highest BCUT2D eigenvalue weighted by Gasteiger charge is 2.35. The molecule has 1 unspecified atom stereocenters. The van der Waals surface area contributed by atoms with Crippen LogP contribution in [0.5, 0.6) is 0 Å². The van der Waals surface area contributed by atoms with E-state index in [4.69, 9.17) is 4.74 Å². The van der Waals surface area contributed by atoms with E-state index in [1.165, 1.54) is 12.1 Å². The summed E-state index contributed by atoms with van der Waals surface area (Å²) in [5.41, 5.74) is -0.879. The van der Waals surface area contributed by atoms with Crippen LogP contribution in [0.4, 0.5) is 23.7 Å². The lowest BCUT2D eigenvalue weighted by atomic mass is 10.2. The summed E-state index contributed by atoms with van der Waals surface area (Å²) in [5, 5.41) is 0. The van der Waals surface area contributed by atoms with E-state index in [0.717, 1.165) is 23.3 Å². The van der Waals surface area contributed by atoms with E-state index in [1.807, 2.05) is 0 Å². The third kappa shape index (κ3) is 4.10. The third-order valence-corrected chi connectivity index (χ3v) is 3.39. The van der Waals surface area contributed by atoms with Crippen molar-refractivity contribution < 1.29 is 35.3 Å². The standard InChI is InChI=1S/C12H12F3NO5S/c1-22(18,19)20-7-10-6-16(11(17)21-10)9-4-2-3-8(5-9)12(13,14)15/h2-5,10H,6-7H2,1H3. The number of alkyl halides is 3. The second-order valence-corrected chi connectivity index (χ2v) is 6.30. The van der Waals surface area contributed by atoms with Gasteiger partial charge >= 0.3 is 12.3 Å².